The summed E-state index contributed by atoms with van der Waals surface area (Å²) in [7, 11) is 1.89. The van der Waals surface area contributed by atoms with Crippen LogP contribution in [0, 0.1) is 0 Å². The highest BCUT2D eigenvalue weighted by molar-refractivity contribution is 7.10. The van der Waals surface area contributed by atoms with Crippen LogP contribution in [0.2, 0.25) is 4.34 Å². The summed E-state index contributed by atoms with van der Waals surface area (Å²) in [5, 5.41) is 9.35. The third-order valence-corrected chi connectivity index (χ3v) is 5.05. The minimum absolute atomic E-state index is 0.681. The SMILES string of the molecule is Cn1ncc2c(N3CCN(Cc4nnsc4Cl)CC3)ncnc21. The lowest BCUT2D eigenvalue weighted by molar-refractivity contribution is 0.246. The van der Waals surface area contributed by atoms with E-state index < -0.39 is 0 Å². The van der Waals surface area contributed by atoms with E-state index in [1.54, 1.807) is 11.0 Å². The van der Waals surface area contributed by atoms with E-state index >= 15 is 0 Å². The molecule has 23 heavy (non-hydrogen) atoms. The van der Waals surface area contributed by atoms with Gasteiger partial charge >= 0.3 is 0 Å². The zero-order chi connectivity index (χ0) is 15.8. The number of hydrogen-bond acceptors (Lipinski definition) is 8. The van der Waals surface area contributed by atoms with Crippen LogP contribution >= 0.6 is 23.1 Å². The molecule has 120 valence electrons. The topological polar surface area (TPSA) is 75.9 Å². The van der Waals surface area contributed by atoms with Crippen molar-refractivity contribution in [2.24, 2.45) is 7.05 Å². The Hall–Kier alpha value is -1.84. The molecule has 10 heteroatoms. The number of aryl methyl sites for hydroxylation is 1. The van der Waals surface area contributed by atoms with Gasteiger partial charge in [0, 0.05) is 51.3 Å². The summed E-state index contributed by atoms with van der Waals surface area (Å²) in [5.41, 5.74) is 1.72. The Morgan fingerprint density at radius 3 is 2.78 bits per heavy atom. The second-order valence-electron chi connectivity index (χ2n) is 5.46. The molecule has 3 aromatic heterocycles. The largest absolute Gasteiger partial charge is 0.353 e. The molecule has 0 atom stereocenters. The summed E-state index contributed by atoms with van der Waals surface area (Å²) in [6, 6.07) is 0. The molecule has 0 aromatic carbocycles. The highest BCUT2D eigenvalue weighted by Crippen LogP contribution is 2.24. The summed E-state index contributed by atoms with van der Waals surface area (Å²) in [6.07, 6.45) is 3.43. The number of rotatable bonds is 3. The molecule has 0 radical (unpaired) electrons. The second kappa shape index (κ2) is 5.99. The van der Waals surface area contributed by atoms with Crippen molar-refractivity contribution >= 4 is 40.0 Å². The van der Waals surface area contributed by atoms with Gasteiger partial charge in [-0.1, -0.05) is 16.1 Å². The lowest BCUT2D eigenvalue weighted by atomic mass is 10.2. The standard InChI is InChI=1S/C13H15ClN8S/c1-20-12-9(6-17-20)13(16-8-15-12)22-4-2-21(3-5-22)7-10-11(14)23-19-18-10/h6,8H,2-5,7H2,1H3. The van der Waals surface area contributed by atoms with E-state index in [-0.39, 0.29) is 0 Å². The zero-order valence-corrected chi connectivity index (χ0v) is 14.1. The molecule has 3 aromatic rings. The number of hydrogen-bond donors (Lipinski definition) is 0. The number of aromatic nitrogens is 6. The van der Waals surface area contributed by atoms with Crippen molar-refractivity contribution in [1.82, 2.24) is 34.2 Å². The van der Waals surface area contributed by atoms with E-state index in [9.17, 15) is 0 Å². The molecule has 1 fully saturated rings. The van der Waals surface area contributed by atoms with Crippen LogP contribution in [0.3, 0.4) is 0 Å². The van der Waals surface area contributed by atoms with Crippen molar-refractivity contribution in [2.45, 2.75) is 6.54 Å². The summed E-state index contributed by atoms with van der Waals surface area (Å²) in [6.45, 7) is 4.40. The Bertz CT molecular complexity index is 822. The predicted octanol–water partition coefficient (Wildman–Crippen LogP) is 1.19. The third kappa shape index (κ3) is 2.75. The van der Waals surface area contributed by atoms with Gasteiger partial charge < -0.3 is 4.90 Å². The van der Waals surface area contributed by atoms with Gasteiger partial charge in [-0.15, -0.1) is 5.10 Å². The van der Waals surface area contributed by atoms with Crippen molar-refractivity contribution in [2.75, 3.05) is 31.1 Å². The number of fused-ring (bicyclic) bond motifs is 1. The van der Waals surface area contributed by atoms with Crippen LogP contribution in [0.5, 0.6) is 0 Å². The smallest absolute Gasteiger partial charge is 0.163 e. The monoisotopic (exact) mass is 350 g/mol. The molecule has 4 heterocycles. The van der Waals surface area contributed by atoms with Crippen LogP contribution in [0.1, 0.15) is 5.69 Å². The lowest BCUT2D eigenvalue weighted by Crippen LogP contribution is -2.46. The second-order valence-corrected chi connectivity index (χ2v) is 6.82. The van der Waals surface area contributed by atoms with Gasteiger partial charge in [0.25, 0.3) is 0 Å². The predicted molar refractivity (Wildman–Crippen MR) is 88.7 cm³/mol. The first-order chi connectivity index (χ1) is 11.2. The Morgan fingerprint density at radius 2 is 2.04 bits per heavy atom. The van der Waals surface area contributed by atoms with Crippen molar-refractivity contribution in [3.05, 3.63) is 22.6 Å². The molecule has 1 aliphatic heterocycles. The lowest BCUT2D eigenvalue weighted by Gasteiger charge is -2.35. The van der Waals surface area contributed by atoms with Gasteiger partial charge in [-0.2, -0.15) is 5.10 Å². The molecule has 4 rings (SSSR count). The Kier molecular flexibility index (Phi) is 3.83. The number of nitrogens with zero attached hydrogens (tertiary/aromatic N) is 8. The van der Waals surface area contributed by atoms with Gasteiger partial charge in [0.1, 0.15) is 22.2 Å². The normalized spacial score (nSPS) is 16.3. The molecule has 0 spiro atoms. The van der Waals surface area contributed by atoms with Gasteiger partial charge in [-0.3, -0.25) is 9.58 Å². The molecule has 0 unspecified atom stereocenters. The van der Waals surface area contributed by atoms with Gasteiger partial charge in [0.15, 0.2) is 5.65 Å². The number of piperazine rings is 1. The molecule has 8 nitrogen and oxygen atoms in total. The first-order valence-electron chi connectivity index (χ1n) is 7.29. The Balaban J connectivity index is 1.48. The molecular formula is C13H15ClN8S. The Morgan fingerprint density at radius 1 is 1.22 bits per heavy atom. The quantitative estimate of drug-likeness (QED) is 0.702. The molecule has 1 saturated heterocycles. The van der Waals surface area contributed by atoms with E-state index in [0.29, 0.717) is 4.34 Å². The van der Waals surface area contributed by atoms with Gasteiger partial charge in [0.2, 0.25) is 0 Å². The highest BCUT2D eigenvalue weighted by atomic mass is 35.5. The van der Waals surface area contributed by atoms with E-state index in [0.717, 1.165) is 55.3 Å². The average Bonchev–Trinajstić information content (AvgIpc) is 3.15. The molecule has 0 saturated carbocycles. The third-order valence-electron chi connectivity index (χ3n) is 4.06. The maximum absolute atomic E-state index is 6.08. The van der Waals surface area contributed by atoms with Crippen molar-refractivity contribution in [1.29, 1.82) is 0 Å². The van der Waals surface area contributed by atoms with Crippen LogP contribution in [0.25, 0.3) is 11.0 Å². The van der Waals surface area contributed by atoms with E-state index in [2.05, 4.69) is 34.5 Å². The average molecular weight is 351 g/mol. The van der Waals surface area contributed by atoms with Gasteiger partial charge in [-0.05, 0) is 0 Å². The van der Waals surface area contributed by atoms with Crippen LogP contribution in [0.15, 0.2) is 12.5 Å². The fraction of sp³-hybridized carbons (Fsp3) is 0.462. The first-order valence-corrected chi connectivity index (χ1v) is 8.44. The van der Waals surface area contributed by atoms with E-state index in [4.69, 9.17) is 11.6 Å². The van der Waals surface area contributed by atoms with Crippen molar-refractivity contribution < 1.29 is 0 Å². The molecule has 0 amide bonds. The van der Waals surface area contributed by atoms with Gasteiger partial charge in [0.05, 0.1) is 11.6 Å². The molecule has 0 N–H and O–H groups in total. The van der Waals surface area contributed by atoms with Crippen molar-refractivity contribution in [3.63, 3.8) is 0 Å². The minimum Gasteiger partial charge on any atom is -0.353 e. The molecule has 0 aliphatic carbocycles. The fourth-order valence-electron chi connectivity index (χ4n) is 2.82. The van der Waals surface area contributed by atoms with Crippen LogP contribution in [0.4, 0.5) is 5.82 Å². The molecule has 1 aliphatic rings. The minimum atomic E-state index is 0.681. The first kappa shape index (κ1) is 14.7. The summed E-state index contributed by atoms with van der Waals surface area (Å²) >= 11 is 7.32. The zero-order valence-electron chi connectivity index (χ0n) is 12.6. The molecular weight excluding hydrogens is 336 g/mol. The number of anilines is 1. The van der Waals surface area contributed by atoms with Crippen LogP contribution in [-0.2, 0) is 13.6 Å². The number of halogens is 1. The van der Waals surface area contributed by atoms with Crippen LogP contribution < -0.4 is 4.90 Å². The van der Waals surface area contributed by atoms with Crippen molar-refractivity contribution in [3.8, 4) is 0 Å². The summed E-state index contributed by atoms with van der Waals surface area (Å²) in [4.78, 5) is 13.4. The Labute approximate surface area is 141 Å². The van der Waals surface area contributed by atoms with Gasteiger partial charge in [-0.25, -0.2) is 9.97 Å². The van der Waals surface area contributed by atoms with E-state index in [1.165, 1.54) is 11.5 Å². The maximum atomic E-state index is 6.08. The maximum Gasteiger partial charge on any atom is 0.163 e. The molecule has 0 bridgehead atoms. The highest BCUT2D eigenvalue weighted by Gasteiger charge is 2.22. The van der Waals surface area contributed by atoms with E-state index in [1.807, 2.05) is 13.2 Å². The summed E-state index contributed by atoms with van der Waals surface area (Å²) < 4.78 is 6.34. The summed E-state index contributed by atoms with van der Waals surface area (Å²) in [5.74, 6) is 0.955. The van der Waals surface area contributed by atoms with Crippen LogP contribution in [-0.4, -0.2) is 60.4 Å². The fourth-order valence-corrected chi connectivity index (χ4v) is 3.43.